The van der Waals surface area contributed by atoms with Gasteiger partial charge in [-0.15, -0.1) is 5.10 Å². The number of nitrogens with one attached hydrogen (secondary N) is 1. The predicted molar refractivity (Wildman–Crippen MR) is 55.2 cm³/mol. The molecule has 0 fully saturated rings. The van der Waals surface area contributed by atoms with Gasteiger partial charge in [0.15, 0.2) is 0 Å². The zero-order valence-electron chi connectivity index (χ0n) is 9.42. The normalized spacial score (nSPS) is 11.5. The highest BCUT2D eigenvalue weighted by molar-refractivity contribution is 5.71. The summed E-state index contributed by atoms with van der Waals surface area (Å²) in [5.74, 6) is -0.525. The van der Waals surface area contributed by atoms with E-state index < -0.39 is 5.97 Å². The molecule has 0 aliphatic heterocycles. The van der Waals surface area contributed by atoms with Crippen LogP contribution in [0.1, 0.15) is 32.0 Å². The van der Waals surface area contributed by atoms with Crippen molar-refractivity contribution in [1.29, 1.82) is 0 Å². The molecule has 84 valence electrons. The number of ether oxygens (including phenoxy) is 1. The molecule has 0 amide bonds. The van der Waals surface area contributed by atoms with Crippen LogP contribution in [0.2, 0.25) is 0 Å². The Labute approximate surface area is 88.5 Å². The number of carbonyl (C=O) groups is 1. The van der Waals surface area contributed by atoms with E-state index in [0.29, 0.717) is 11.4 Å². The van der Waals surface area contributed by atoms with Crippen LogP contribution in [0.5, 0.6) is 5.88 Å². The summed E-state index contributed by atoms with van der Waals surface area (Å²) in [4.78, 5) is 10.7. The van der Waals surface area contributed by atoms with Crippen LogP contribution in [0.3, 0.4) is 0 Å². The Hall–Kier alpha value is -1.52. The third kappa shape index (κ3) is 2.49. The number of nitrogens with zero attached hydrogens (tertiary/aromatic N) is 1. The second kappa shape index (κ2) is 3.92. The number of hydrogen-bond acceptors (Lipinski definition) is 3. The van der Waals surface area contributed by atoms with Crippen molar-refractivity contribution in [3.63, 3.8) is 0 Å². The van der Waals surface area contributed by atoms with Crippen molar-refractivity contribution < 1.29 is 14.6 Å². The summed E-state index contributed by atoms with van der Waals surface area (Å²) in [5.41, 5.74) is 1.26. The first-order valence-electron chi connectivity index (χ1n) is 4.69. The van der Waals surface area contributed by atoms with Crippen molar-refractivity contribution in [2.45, 2.75) is 32.6 Å². The lowest BCUT2D eigenvalue weighted by molar-refractivity contribution is -0.136. The van der Waals surface area contributed by atoms with Crippen LogP contribution in [0.4, 0.5) is 0 Å². The second-order valence-corrected chi connectivity index (χ2v) is 4.41. The van der Waals surface area contributed by atoms with E-state index in [4.69, 9.17) is 9.84 Å². The molecule has 1 aromatic heterocycles. The molecule has 0 radical (unpaired) electrons. The Balaban J connectivity index is 3.17. The zero-order valence-corrected chi connectivity index (χ0v) is 9.42. The van der Waals surface area contributed by atoms with E-state index in [-0.39, 0.29) is 11.8 Å². The maximum absolute atomic E-state index is 10.7. The molecule has 0 bridgehead atoms. The topological polar surface area (TPSA) is 75.2 Å². The van der Waals surface area contributed by atoms with Crippen molar-refractivity contribution in [1.82, 2.24) is 10.2 Å². The molecular weight excluding hydrogens is 196 g/mol. The molecule has 0 aliphatic rings. The summed E-state index contributed by atoms with van der Waals surface area (Å²) in [6.07, 6.45) is -0.0771. The van der Waals surface area contributed by atoms with Crippen LogP contribution in [0.25, 0.3) is 0 Å². The van der Waals surface area contributed by atoms with E-state index >= 15 is 0 Å². The monoisotopic (exact) mass is 212 g/mol. The number of H-pyrrole nitrogens is 1. The number of rotatable bonds is 3. The number of aliphatic carboxylic acids is 1. The van der Waals surface area contributed by atoms with Gasteiger partial charge in [0.25, 0.3) is 0 Å². The molecule has 0 aromatic carbocycles. The molecule has 2 N–H and O–H groups in total. The first-order chi connectivity index (χ1) is 6.86. The Morgan fingerprint density at radius 3 is 2.53 bits per heavy atom. The maximum atomic E-state index is 10.7. The van der Waals surface area contributed by atoms with Gasteiger partial charge < -0.3 is 9.84 Å². The Morgan fingerprint density at radius 1 is 1.53 bits per heavy atom. The minimum absolute atomic E-state index is 0.0771. The third-order valence-corrected chi connectivity index (χ3v) is 2.10. The fraction of sp³-hybridized carbons (Fsp3) is 0.600. The molecule has 1 aromatic rings. The molecule has 5 heteroatoms. The van der Waals surface area contributed by atoms with Crippen LogP contribution in [0, 0.1) is 0 Å². The average molecular weight is 212 g/mol. The van der Waals surface area contributed by atoms with Gasteiger partial charge in [-0.05, 0) is 0 Å². The first-order valence-corrected chi connectivity index (χ1v) is 4.69. The number of carboxylic acid groups (broad SMARTS) is 1. The number of carboxylic acids is 1. The van der Waals surface area contributed by atoms with Crippen LogP contribution < -0.4 is 4.74 Å². The van der Waals surface area contributed by atoms with Gasteiger partial charge in [-0.2, -0.15) is 0 Å². The van der Waals surface area contributed by atoms with Crippen molar-refractivity contribution in [2.75, 3.05) is 7.11 Å². The van der Waals surface area contributed by atoms with Crippen LogP contribution >= 0.6 is 0 Å². The summed E-state index contributed by atoms with van der Waals surface area (Å²) in [6.45, 7) is 5.97. The van der Waals surface area contributed by atoms with E-state index in [0.717, 1.165) is 5.69 Å². The highest BCUT2D eigenvalue weighted by Crippen LogP contribution is 2.29. The second-order valence-electron chi connectivity index (χ2n) is 4.41. The van der Waals surface area contributed by atoms with E-state index in [9.17, 15) is 4.79 Å². The van der Waals surface area contributed by atoms with E-state index in [1.165, 1.54) is 7.11 Å². The largest absolute Gasteiger partial charge is 0.481 e. The van der Waals surface area contributed by atoms with E-state index in [1.54, 1.807) is 0 Å². The first kappa shape index (κ1) is 11.6. The third-order valence-electron chi connectivity index (χ3n) is 2.10. The van der Waals surface area contributed by atoms with Crippen LogP contribution in [0.15, 0.2) is 0 Å². The predicted octanol–water partition coefficient (Wildman–Crippen LogP) is 1.34. The molecular formula is C10H16N2O3. The van der Waals surface area contributed by atoms with Gasteiger partial charge in [-0.25, -0.2) is 0 Å². The molecule has 0 saturated heterocycles. The standard InChI is InChI=1S/C10H16N2O3/c1-10(2,3)8-6(5-7(13)14)9(15-4)12-11-8/h5H2,1-4H3,(H,11,12)(H,13,14). The lowest BCUT2D eigenvalue weighted by Gasteiger charge is -2.17. The molecule has 1 heterocycles. The van der Waals surface area contributed by atoms with E-state index in [2.05, 4.69) is 10.2 Å². The summed E-state index contributed by atoms with van der Waals surface area (Å²) >= 11 is 0. The van der Waals surface area contributed by atoms with Crippen molar-refractivity contribution in [2.24, 2.45) is 0 Å². The van der Waals surface area contributed by atoms with Gasteiger partial charge in [0.1, 0.15) is 0 Å². The highest BCUT2D eigenvalue weighted by Gasteiger charge is 2.25. The minimum Gasteiger partial charge on any atom is -0.481 e. The Kier molecular flexibility index (Phi) is 3.02. The maximum Gasteiger partial charge on any atom is 0.308 e. The van der Waals surface area contributed by atoms with Gasteiger partial charge in [0, 0.05) is 16.7 Å². The summed E-state index contributed by atoms with van der Waals surface area (Å²) in [7, 11) is 1.48. The molecule has 0 aliphatic carbocycles. The lowest BCUT2D eigenvalue weighted by atomic mass is 9.88. The molecule has 0 spiro atoms. The van der Waals surface area contributed by atoms with Gasteiger partial charge in [0.05, 0.1) is 13.5 Å². The number of hydrogen-bond donors (Lipinski definition) is 2. The van der Waals surface area contributed by atoms with Crippen LogP contribution in [-0.4, -0.2) is 28.4 Å². The Morgan fingerprint density at radius 2 is 2.13 bits per heavy atom. The van der Waals surface area contributed by atoms with Crippen molar-refractivity contribution in [3.05, 3.63) is 11.3 Å². The van der Waals surface area contributed by atoms with Gasteiger partial charge in [0.2, 0.25) is 5.88 Å². The van der Waals surface area contributed by atoms with Crippen LogP contribution in [-0.2, 0) is 16.6 Å². The zero-order chi connectivity index (χ0) is 11.6. The number of aromatic amines is 1. The molecule has 0 atom stereocenters. The molecule has 15 heavy (non-hydrogen) atoms. The fourth-order valence-corrected chi connectivity index (χ4v) is 1.45. The smallest absolute Gasteiger partial charge is 0.308 e. The number of methoxy groups -OCH3 is 1. The van der Waals surface area contributed by atoms with E-state index in [1.807, 2.05) is 20.8 Å². The van der Waals surface area contributed by atoms with Gasteiger partial charge in [-0.3, -0.25) is 9.89 Å². The molecule has 5 nitrogen and oxygen atoms in total. The quantitative estimate of drug-likeness (QED) is 0.792. The summed E-state index contributed by atoms with van der Waals surface area (Å²) in [6, 6.07) is 0. The molecule has 1 rings (SSSR count). The Bertz CT molecular complexity index is 363. The fourth-order valence-electron chi connectivity index (χ4n) is 1.45. The number of aromatic nitrogens is 2. The summed E-state index contributed by atoms with van der Waals surface area (Å²) in [5, 5.41) is 15.6. The van der Waals surface area contributed by atoms with Crippen molar-refractivity contribution >= 4 is 5.97 Å². The lowest BCUT2D eigenvalue weighted by Crippen LogP contribution is -2.16. The highest BCUT2D eigenvalue weighted by atomic mass is 16.5. The van der Waals surface area contributed by atoms with Gasteiger partial charge in [-0.1, -0.05) is 20.8 Å². The van der Waals surface area contributed by atoms with Gasteiger partial charge >= 0.3 is 5.97 Å². The summed E-state index contributed by atoms with van der Waals surface area (Å²) < 4.78 is 5.02. The average Bonchev–Trinajstić information content (AvgIpc) is 2.45. The minimum atomic E-state index is -0.889. The SMILES string of the molecule is COc1n[nH]c(C(C)(C)C)c1CC(=O)O. The molecule has 0 unspecified atom stereocenters. The van der Waals surface area contributed by atoms with Crippen molar-refractivity contribution in [3.8, 4) is 5.88 Å². The molecule has 0 saturated carbocycles.